The highest BCUT2D eigenvalue weighted by Gasteiger charge is 2.43. The van der Waals surface area contributed by atoms with Gasteiger partial charge in [-0.3, -0.25) is 9.59 Å². The Morgan fingerprint density at radius 3 is 2.33 bits per heavy atom. The molecule has 1 fully saturated rings. The van der Waals surface area contributed by atoms with Crippen LogP contribution in [0.15, 0.2) is 63.9 Å². The Morgan fingerprint density at radius 1 is 1.20 bits per heavy atom. The average Bonchev–Trinajstić information content (AvgIpc) is 3.66. The Kier molecular flexibility index (Phi) is 12.2. The Balaban J connectivity index is 2.68. The first-order chi connectivity index (χ1) is 18.9. The van der Waals surface area contributed by atoms with Gasteiger partial charge in [-0.2, -0.15) is 0 Å². The van der Waals surface area contributed by atoms with Gasteiger partial charge in [-0.1, -0.05) is 44.6 Å². The van der Waals surface area contributed by atoms with E-state index in [2.05, 4.69) is 17.2 Å². The van der Waals surface area contributed by atoms with Crippen LogP contribution in [0.1, 0.15) is 78.4 Å². The molecule has 0 aliphatic heterocycles. The number of allylic oxidation sites excluding steroid dienone is 5. The molecule has 1 saturated carbocycles. The zero-order chi connectivity index (χ0) is 30.1. The van der Waals surface area contributed by atoms with Crippen LogP contribution in [0, 0.1) is 12.8 Å². The summed E-state index contributed by atoms with van der Waals surface area (Å²) in [6, 6.07) is 1.76. The Morgan fingerprint density at radius 2 is 1.85 bits per heavy atom. The van der Waals surface area contributed by atoms with E-state index in [4.69, 9.17) is 0 Å². The summed E-state index contributed by atoms with van der Waals surface area (Å²) < 4.78 is 13.3. The van der Waals surface area contributed by atoms with E-state index in [1.165, 1.54) is 0 Å². The fourth-order valence-corrected chi connectivity index (χ4v) is 4.49. The molecule has 3 unspecified atom stereocenters. The number of alkyl halides is 1. The smallest absolute Gasteiger partial charge is 0.253 e. The molecule has 3 atom stereocenters. The zero-order valence-corrected chi connectivity index (χ0v) is 25.6. The number of halogens is 1. The van der Waals surface area contributed by atoms with Crippen molar-refractivity contribution in [2.75, 3.05) is 19.4 Å². The van der Waals surface area contributed by atoms with E-state index in [1.54, 1.807) is 31.3 Å². The molecule has 1 aromatic rings. The van der Waals surface area contributed by atoms with Crippen molar-refractivity contribution in [2.45, 2.75) is 86.4 Å². The summed E-state index contributed by atoms with van der Waals surface area (Å²) in [5.41, 5.74) is 6.77. The van der Waals surface area contributed by atoms with Crippen molar-refractivity contribution < 1.29 is 19.1 Å². The normalized spacial score (nSPS) is 19.7. The summed E-state index contributed by atoms with van der Waals surface area (Å²) in [6.45, 7) is 13.9. The van der Waals surface area contributed by atoms with E-state index in [0.29, 0.717) is 24.2 Å². The number of aliphatic hydroxyl groups is 1. The minimum Gasteiger partial charge on any atom is -0.388 e. The maximum Gasteiger partial charge on any atom is 0.253 e. The second-order valence-corrected chi connectivity index (χ2v) is 10.6. The second kappa shape index (κ2) is 14.9. The summed E-state index contributed by atoms with van der Waals surface area (Å²) >= 11 is 0. The predicted octanol–water partition coefficient (Wildman–Crippen LogP) is 6.88. The molecule has 1 aromatic heterocycles. The highest BCUT2D eigenvalue weighted by molar-refractivity contribution is 6.01. The van der Waals surface area contributed by atoms with Crippen LogP contribution in [0.5, 0.6) is 0 Å². The largest absolute Gasteiger partial charge is 0.388 e. The van der Waals surface area contributed by atoms with Gasteiger partial charge in [-0.05, 0) is 98.9 Å². The number of likely N-dealkylation sites (N-methyl/N-ethyl adjacent to an activating group) is 1. The number of pyridine rings is 1. The number of amides is 2. The molecule has 0 radical (unpaired) electrons. The summed E-state index contributed by atoms with van der Waals surface area (Å²) in [5.74, 6) is -0.699. The lowest BCUT2D eigenvalue weighted by molar-refractivity contribution is -0.124. The summed E-state index contributed by atoms with van der Waals surface area (Å²) in [4.78, 5) is 31.6. The van der Waals surface area contributed by atoms with Crippen LogP contribution in [-0.4, -0.2) is 53.2 Å². The number of aryl methyl sites for hydroxylation is 1. The quantitative estimate of drug-likeness (QED) is 0.219. The molecule has 1 aliphatic rings. The van der Waals surface area contributed by atoms with E-state index >= 15 is 0 Å². The third-order valence-electron chi connectivity index (χ3n) is 7.23. The number of nitrogens with zero attached hydrogens (tertiary/aromatic N) is 2. The number of hydrogen-bond acceptors (Lipinski definition) is 4. The molecule has 2 amide bonds. The fourth-order valence-electron chi connectivity index (χ4n) is 4.49. The number of rotatable bonds is 12. The lowest BCUT2D eigenvalue weighted by atomic mass is 9.87. The first-order valence-electron chi connectivity index (χ1n) is 14.2. The van der Waals surface area contributed by atoms with Gasteiger partial charge in [0, 0.05) is 25.9 Å². The van der Waals surface area contributed by atoms with E-state index in [1.807, 2.05) is 65.8 Å². The van der Waals surface area contributed by atoms with Crippen LogP contribution in [0.2, 0.25) is 0 Å². The van der Waals surface area contributed by atoms with E-state index in [0.717, 1.165) is 45.4 Å². The fraction of sp³-hybridized carbons (Fsp3) is 0.485. The van der Waals surface area contributed by atoms with Crippen molar-refractivity contribution in [1.82, 2.24) is 9.88 Å². The number of carbonyl (C=O) groups is 2. The zero-order valence-electron chi connectivity index (χ0n) is 25.6. The second-order valence-electron chi connectivity index (χ2n) is 10.6. The Bertz CT molecular complexity index is 1250. The van der Waals surface area contributed by atoms with Crippen molar-refractivity contribution in [3.8, 4) is 0 Å². The summed E-state index contributed by atoms with van der Waals surface area (Å²) in [7, 11) is 3.47. The highest BCUT2D eigenvalue weighted by Crippen LogP contribution is 2.35. The van der Waals surface area contributed by atoms with Gasteiger partial charge in [0.2, 0.25) is 5.91 Å². The maximum atomic E-state index is 13.4. The van der Waals surface area contributed by atoms with Gasteiger partial charge in [0.25, 0.3) is 5.91 Å². The molecule has 1 aliphatic carbocycles. The predicted molar refractivity (Wildman–Crippen MR) is 162 cm³/mol. The average molecular weight is 552 g/mol. The van der Waals surface area contributed by atoms with Gasteiger partial charge in [0.15, 0.2) is 0 Å². The van der Waals surface area contributed by atoms with Gasteiger partial charge in [-0.15, -0.1) is 0 Å². The third-order valence-corrected chi connectivity index (χ3v) is 7.23. The minimum absolute atomic E-state index is 0.117. The lowest BCUT2D eigenvalue weighted by Gasteiger charge is -2.21. The summed E-state index contributed by atoms with van der Waals surface area (Å²) in [6.07, 6.45) is 10.3. The van der Waals surface area contributed by atoms with E-state index in [9.17, 15) is 19.1 Å². The van der Waals surface area contributed by atoms with Crippen LogP contribution in [0.3, 0.4) is 0 Å². The Hall–Kier alpha value is -3.32. The molecule has 1 heterocycles. The van der Waals surface area contributed by atoms with Crippen molar-refractivity contribution in [3.05, 3.63) is 75.1 Å². The number of aromatic nitrogens is 1. The van der Waals surface area contributed by atoms with Gasteiger partial charge in [-0.25, -0.2) is 9.37 Å². The molecule has 2 N–H and O–H groups in total. The standard InChI is InChI=1S/C33H46FN3O3/c1-10-14-25(33(40)37(8)9)27(24(12-3)22(7)15-26(20(5)11-2)30(38)13-4)17-23-19-35-31(16-21(23)6)36-32(39)28-18-29(28)34/h12,14-17,19,28-30,38H,10-11,13,18H2,1-9H3,(H,35,36,39)/b22-15-,24-12+,25-14-,26-20-,27-17-. The van der Waals surface area contributed by atoms with Crippen molar-refractivity contribution in [3.63, 3.8) is 0 Å². The topological polar surface area (TPSA) is 82.5 Å². The SMILES string of the molecule is C/C=C(C(\C)=C/C(=C(\C)CC)C(O)CC)/C(=C/c1cnc(NC(=O)C2CC2F)cc1C)C(=C/CC)/C(=O)N(C)C. The molecule has 40 heavy (non-hydrogen) atoms. The molecule has 7 heteroatoms. The van der Waals surface area contributed by atoms with Crippen molar-refractivity contribution in [1.29, 1.82) is 0 Å². The molecular formula is C33H46FN3O3. The highest BCUT2D eigenvalue weighted by atomic mass is 19.1. The van der Waals surface area contributed by atoms with Crippen molar-refractivity contribution >= 4 is 23.7 Å². The Labute approximate surface area is 239 Å². The molecule has 0 aromatic carbocycles. The molecule has 2 rings (SSSR count). The maximum absolute atomic E-state index is 13.4. The van der Waals surface area contributed by atoms with E-state index in [-0.39, 0.29) is 18.2 Å². The van der Waals surface area contributed by atoms with Crippen LogP contribution in [0.25, 0.3) is 6.08 Å². The van der Waals surface area contributed by atoms with Gasteiger partial charge >= 0.3 is 0 Å². The lowest BCUT2D eigenvalue weighted by Crippen LogP contribution is -2.25. The number of nitrogens with one attached hydrogen (secondary N) is 1. The van der Waals surface area contributed by atoms with Crippen LogP contribution < -0.4 is 5.32 Å². The van der Waals surface area contributed by atoms with E-state index < -0.39 is 18.2 Å². The van der Waals surface area contributed by atoms with Gasteiger partial charge < -0.3 is 15.3 Å². The van der Waals surface area contributed by atoms with Gasteiger partial charge in [0.1, 0.15) is 12.0 Å². The number of carbonyl (C=O) groups excluding carboxylic acids is 2. The summed E-state index contributed by atoms with van der Waals surface area (Å²) in [5, 5.41) is 13.5. The molecular weight excluding hydrogens is 505 g/mol. The van der Waals surface area contributed by atoms with Crippen LogP contribution in [0.4, 0.5) is 10.2 Å². The molecule has 0 saturated heterocycles. The number of hydrogen-bond donors (Lipinski definition) is 2. The first kappa shape index (κ1) is 32.9. The van der Waals surface area contributed by atoms with Crippen molar-refractivity contribution in [2.24, 2.45) is 5.92 Å². The number of aliphatic hydroxyl groups excluding tert-OH is 1. The monoisotopic (exact) mass is 551 g/mol. The third kappa shape index (κ3) is 8.34. The van der Waals surface area contributed by atoms with Crippen LogP contribution >= 0.6 is 0 Å². The number of anilines is 1. The molecule has 0 spiro atoms. The van der Waals surface area contributed by atoms with Gasteiger partial charge in [0.05, 0.1) is 12.0 Å². The molecule has 0 bridgehead atoms. The minimum atomic E-state index is -1.07. The molecule has 6 nitrogen and oxygen atoms in total. The van der Waals surface area contributed by atoms with Crippen LogP contribution in [-0.2, 0) is 9.59 Å². The first-order valence-corrected chi connectivity index (χ1v) is 14.2. The molecule has 218 valence electrons.